The normalized spacial score (nSPS) is 10.8. The lowest BCUT2D eigenvalue weighted by Gasteiger charge is -2.08. The Morgan fingerprint density at radius 1 is 1.50 bits per heavy atom. The van der Waals surface area contributed by atoms with Crippen molar-refractivity contribution < 1.29 is 22.3 Å². The van der Waals surface area contributed by atoms with E-state index in [9.17, 15) is 17.6 Å². The van der Waals surface area contributed by atoms with Crippen molar-refractivity contribution >= 4 is 5.69 Å². The molecule has 0 unspecified atom stereocenters. The highest BCUT2D eigenvalue weighted by Gasteiger charge is 2.29. The lowest BCUT2D eigenvalue weighted by Crippen LogP contribution is -2.20. The van der Waals surface area contributed by atoms with Gasteiger partial charge in [0, 0.05) is 11.1 Å². The minimum absolute atomic E-state index is 0.153. The number of hydrogen-bond donors (Lipinski definition) is 0. The SMILES string of the molecule is [N-]=[N+]=Nc1cnc(OCC(F)(F)F)c(F)c1. The van der Waals surface area contributed by atoms with Gasteiger partial charge in [-0.2, -0.15) is 13.2 Å². The first-order valence-electron chi connectivity index (χ1n) is 3.82. The first-order chi connectivity index (χ1) is 7.42. The van der Waals surface area contributed by atoms with Crippen molar-refractivity contribution in [2.75, 3.05) is 6.61 Å². The summed E-state index contributed by atoms with van der Waals surface area (Å²) in [6.45, 7) is -1.64. The maximum Gasteiger partial charge on any atom is 0.422 e. The molecule has 0 saturated carbocycles. The summed E-state index contributed by atoms with van der Waals surface area (Å²) in [6, 6.07) is 0.721. The third-order valence-electron chi connectivity index (χ3n) is 1.33. The van der Waals surface area contributed by atoms with Gasteiger partial charge in [0.05, 0.1) is 5.69 Å². The maximum atomic E-state index is 13.0. The van der Waals surface area contributed by atoms with Gasteiger partial charge in [-0.3, -0.25) is 0 Å². The molecule has 1 aromatic rings. The minimum Gasteiger partial charge on any atom is -0.466 e. The van der Waals surface area contributed by atoms with E-state index in [0.717, 1.165) is 12.3 Å². The molecule has 0 bridgehead atoms. The van der Waals surface area contributed by atoms with Crippen molar-refractivity contribution in [3.63, 3.8) is 0 Å². The average molecular weight is 236 g/mol. The number of pyridine rings is 1. The highest BCUT2D eigenvalue weighted by molar-refractivity contribution is 5.36. The summed E-state index contributed by atoms with van der Waals surface area (Å²) < 4.78 is 52.3. The predicted molar refractivity (Wildman–Crippen MR) is 44.6 cm³/mol. The predicted octanol–water partition coefficient (Wildman–Crippen LogP) is 3.10. The largest absolute Gasteiger partial charge is 0.466 e. The van der Waals surface area contributed by atoms with Gasteiger partial charge in [-0.25, -0.2) is 9.37 Å². The van der Waals surface area contributed by atoms with Crippen molar-refractivity contribution in [2.24, 2.45) is 5.11 Å². The van der Waals surface area contributed by atoms with Gasteiger partial charge in [0.1, 0.15) is 0 Å². The molecular formula is C7H4F4N4O. The Morgan fingerprint density at radius 2 is 2.19 bits per heavy atom. The molecule has 1 aromatic heterocycles. The molecule has 0 saturated heterocycles. The Morgan fingerprint density at radius 3 is 2.69 bits per heavy atom. The first kappa shape index (κ1) is 12.1. The fourth-order valence-electron chi connectivity index (χ4n) is 0.778. The molecule has 0 amide bonds. The molecule has 0 aliphatic rings. The van der Waals surface area contributed by atoms with Gasteiger partial charge in [-0.1, -0.05) is 5.11 Å². The standard InChI is InChI=1S/C7H4F4N4O/c8-5-1-4(14-15-12)2-13-6(5)16-3-7(9,10)11/h1-2H,3H2. The zero-order valence-corrected chi connectivity index (χ0v) is 7.57. The van der Waals surface area contributed by atoms with Crippen LogP contribution in [-0.2, 0) is 0 Å². The molecule has 1 rings (SSSR count). The topological polar surface area (TPSA) is 70.9 Å². The van der Waals surface area contributed by atoms with Crippen LogP contribution in [0, 0.1) is 5.82 Å². The Balaban J connectivity index is 2.79. The first-order valence-corrected chi connectivity index (χ1v) is 3.82. The number of rotatable bonds is 3. The Kier molecular flexibility index (Phi) is 3.51. The van der Waals surface area contributed by atoms with E-state index in [0.29, 0.717) is 0 Å². The summed E-state index contributed by atoms with van der Waals surface area (Å²) in [5.41, 5.74) is 7.86. The summed E-state index contributed by atoms with van der Waals surface area (Å²) in [6.07, 6.45) is -3.67. The summed E-state index contributed by atoms with van der Waals surface area (Å²) in [5, 5.41) is 3.02. The summed E-state index contributed by atoms with van der Waals surface area (Å²) in [7, 11) is 0. The molecule has 0 N–H and O–H groups in total. The fraction of sp³-hybridized carbons (Fsp3) is 0.286. The molecule has 0 aliphatic heterocycles. The Hall–Kier alpha value is -2.02. The van der Waals surface area contributed by atoms with Crippen LogP contribution in [0.3, 0.4) is 0 Å². The van der Waals surface area contributed by atoms with Gasteiger partial charge in [-0.05, 0) is 11.6 Å². The summed E-state index contributed by atoms with van der Waals surface area (Å²) >= 11 is 0. The van der Waals surface area contributed by atoms with Gasteiger partial charge in [0.2, 0.25) is 0 Å². The van der Waals surface area contributed by atoms with Crippen LogP contribution in [0.15, 0.2) is 17.4 Å². The molecular weight excluding hydrogens is 232 g/mol. The van der Waals surface area contributed by atoms with Crippen LogP contribution in [0.2, 0.25) is 0 Å². The molecule has 9 heteroatoms. The number of aromatic nitrogens is 1. The number of azide groups is 1. The summed E-state index contributed by atoms with van der Waals surface area (Å²) in [4.78, 5) is 5.60. The lowest BCUT2D eigenvalue weighted by atomic mass is 10.4. The molecule has 0 spiro atoms. The molecule has 0 radical (unpaired) electrons. The van der Waals surface area contributed by atoms with Crippen LogP contribution in [0.1, 0.15) is 0 Å². The van der Waals surface area contributed by atoms with E-state index >= 15 is 0 Å². The van der Waals surface area contributed by atoms with E-state index in [2.05, 4.69) is 19.7 Å². The van der Waals surface area contributed by atoms with Crippen molar-refractivity contribution in [1.82, 2.24) is 4.98 Å². The Labute approximate surface area is 86.3 Å². The van der Waals surface area contributed by atoms with Gasteiger partial charge in [0.25, 0.3) is 5.88 Å². The van der Waals surface area contributed by atoms with E-state index in [1.165, 1.54) is 0 Å². The molecule has 0 aliphatic carbocycles. The van der Waals surface area contributed by atoms with Crippen LogP contribution >= 0.6 is 0 Å². The van der Waals surface area contributed by atoms with Crippen molar-refractivity contribution in [1.29, 1.82) is 0 Å². The molecule has 0 aromatic carbocycles. The quantitative estimate of drug-likeness (QED) is 0.350. The van der Waals surface area contributed by atoms with E-state index < -0.39 is 24.5 Å². The van der Waals surface area contributed by atoms with E-state index in [4.69, 9.17) is 5.53 Å². The second-order valence-electron chi connectivity index (χ2n) is 2.57. The van der Waals surface area contributed by atoms with Gasteiger partial charge < -0.3 is 4.74 Å². The third-order valence-corrected chi connectivity index (χ3v) is 1.33. The van der Waals surface area contributed by atoms with Gasteiger partial charge >= 0.3 is 6.18 Å². The molecule has 86 valence electrons. The average Bonchev–Trinajstić information content (AvgIpc) is 2.15. The molecule has 5 nitrogen and oxygen atoms in total. The number of halogens is 4. The maximum absolute atomic E-state index is 13.0. The van der Waals surface area contributed by atoms with Crippen LogP contribution in [0.5, 0.6) is 5.88 Å². The zero-order valence-electron chi connectivity index (χ0n) is 7.57. The van der Waals surface area contributed by atoms with Crippen LogP contribution in [0.4, 0.5) is 23.2 Å². The second kappa shape index (κ2) is 4.67. The van der Waals surface area contributed by atoms with Crippen LogP contribution in [-0.4, -0.2) is 17.8 Å². The van der Waals surface area contributed by atoms with Crippen LogP contribution < -0.4 is 4.74 Å². The number of hydrogen-bond acceptors (Lipinski definition) is 3. The lowest BCUT2D eigenvalue weighted by molar-refractivity contribution is -0.154. The summed E-state index contributed by atoms with van der Waals surface area (Å²) in [5.74, 6) is -1.93. The highest BCUT2D eigenvalue weighted by atomic mass is 19.4. The molecule has 0 atom stereocenters. The van der Waals surface area contributed by atoms with E-state index in [1.807, 2.05) is 0 Å². The van der Waals surface area contributed by atoms with Crippen molar-refractivity contribution in [2.45, 2.75) is 6.18 Å². The van der Waals surface area contributed by atoms with Crippen molar-refractivity contribution in [3.05, 3.63) is 28.5 Å². The Bertz CT molecular complexity index is 427. The van der Waals surface area contributed by atoms with E-state index in [1.54, 1.807) is 0 Å². The van der Waals surface area contributed by atoms with Crippen LogP contribution in [0.25, 0.3) is 10.4 Å². The number of nitrogens with zero attached hydrogens (tertiary/aromatic N) is 4. The fourth-order valence-corrected chi connectivity index (χ4v) is 0.778. The molecule has 1 heterocycles. The monoisotopic (exact) mass is 236 g/mol. The minimum atomic E-state index is -4.57. The van der Waals surface area contributed by atoms with E-state index in [-0.39, 0.29) is 5.69 Å². The smallest absolute Gasteiger partial charge is 0.422 e. The number of alkyl halides is 3. The number of ether oxygens (including phenoxy) is 1. The zero-order chi connectivity index (χ0) is 12.2. The molecule has 0 fully saturated rings. The highest BCUT2D eigenvalue weighted by Crippen LogP contribution is 2.22. The van der Waals surface area contributed by atoms with Crippen molar-refractivity contribution in [3.8, 4) is 5.88 Å². The molecule has 16 heavy (non-hydrogen) atoms. The van der Waals surface area contributed by atoms with Gasteiger partial charge in [-0.15, -0.1) is 0 Å². The second-order valence-corrected chi connectivity index (χ2v) is 2.57. The third kappa shape index (κ3) is 3.62. The van der Waals surface area contributed by atoms with Gasteiger partial charge in [0.15, 0.2) is 12.4 Å².